The van der Waals surface area contributed by atoms with Gasteiger partial charge >= 0.3 is 0 Å². The van der Waals surface area contributed by atoms with E-state index < -0.39 is 0 Å². The summed E-state index contributed by atoms with van der Waals surface area (Å²) >= 11 is 1.53. The number of carbonyl (C=O) groups excluding carboxylic acids is 1. The number of amides is 1. The molecule has 0 bridgehead atoms. The summed E-state index contributed by atoms with van der Waals surface area (Å²) in [5.74, 6) is 0.387. The van der Waals surface area contributed by atoms with Gasteiger partial charge in [-0.1, -0.05) is 6.07 Å². The maximum atomic E-state index is 13.3. The van der Waals surface area contributed by atoms with Gasteiger partial charge in [0.15, 0.2) is 0 Å². The van der Waals surface area contributed by atoms with Crippen molar-refractivity contribution in [2.45, 2.75) is 19.8 Å². The van der Waals surface area contributed by atoms with Gasteiger partial charge in [0.2, 0.25) is 11.8 Å². The molecule has 0 aliphatic heterocycles. The number of nitrogens with zero attached hydrogens (tertiary/aromatic N) is 2. The van der Waals surface area contributed by atoms with Crippen molar-refractivity contribution in [1.82, 2.24) is 15.3 Å². The van der Waals surface area contributed by atoms with Gasteiger partial charge in [-0.05, 0) is 25.1 Å². The number of carbonyl (C=O) groups is 1. The third-order valence-corrected chi connectivity index (χ3v) is 4.11. The first kappa shape index (κ1) is 16.3. The van der Waals surface area contributed by atoms with E-state index in [0.717, 1.165) is 5.69 Å². The fourth-order valence-corrected chi connectivity index (χ4v) is 2.84. The van der Waals surface area contributed by atoms with Crippen molar-refractivity contribution >= 4 is 17.2 Å². The molecule has 0 fully saturated rings. The van der Waals surface area contributed by atoms with Crippen LogP contribution in [-0.4, -0.2) is 22.4 Å². The average molecular weight is 345 g/mol. The van der Waals surface area contributed by atoms with Crippen LogP contribution in [-0.2, 0) is 17.6 Å². The Hall–Kier alpha value is -2.54. The molecule has 2 aromatic heterocycles. The van der Waals surface area contributed by atoms with E-state index in [9.17, 15) is 9.18 Å². The highest BCUT2D eigenvalue weighted by Crippen LogP contribution is 2.22. The fourth-order valence-electron chi connectivity index (χ4n) is 2.24. The second kappa shape index (κ2) is 7.35. The lowest BCUT2D eigenvalue weighted by atomic mass is 10.2. The predicted molar refractivity (Wildman–Crippen MR) is 89.2 cm³/mol. The molecule has 0 spiro atoms. The normalized spacial score (nSPS) is 10.8. The highest BCUT2D eigenvalue weighted by molar-refractivity contribution is 7.07. The Morgan fingerprint density at radius 2 is 2.29 bits per heavy atom. The largest absolute Gasteiger partial charge is 0.441 e. The summed E-state index contributed by atoms with van der Waals surface area (Å²) in [6.07, 6.45) is 0.823. The van der Waals surface area contributed by atoms with Gasteiger partial charge in [0, 0.05) is 23.9 Å². The molecule has 3 rings (SSSR count). The number of halogens is 1. The molecule has 0 aliphatic rings. The van der Waals surface area contributed by atoms with Gasteiger partial charge < -0.3 is 9.73 Å². The van der Waals surface area contributed by atoms with Crippen LogP contribution in [0.2, 0.25) is 0 Å². The van der Waals surface area contributed by atoms with Gasteiger partial charge in [-0.25, -0.2) is 14.4 Å². The molecule has 0 saturated carbocycles. The van der Waals surface area contributed by atoms with E-state index in [1.165, 1.54) is 23.5 Å². The molecule has 124 valence electrons. The lowest BCUT2D eigenvalue weighted by Crippen LogP contribution is -2.27. The molecule has 0 atom stereocenters. The van der Waals surface area contributed by atoms with Gasteiger partial charge in [0.25, 0.3) is 0 Å². The SMILES string of the molecule is Cc1oc(-c2cccc(F)c2)nc1CC(=O)NCCc1cscn1. The quantitative estimate of drug-likeness (QED) is 0.745. The maximum absolute atomic E-state index is 13.3. The van der Waals surface area contributed by atoms with Crippen molar-refractivity contribution in [3.63, 3.8) is 0 Å². The van der Waals surface area contributed by atoms with Crippen LogP contribution in [0.1, 0.15) is 17.1 Å². The first-order valence-corrected chi connectivity index (χ1v) is 8.42. The second-order valence-electron chi connectivity index (χ2n) is 5.29. The molecule has 0 unspecified atom stereocenters. The predicted octanol–water partition coefficient (Wildman–Crippen LogP) is 3.15. The van der Waals surface area contributed by atoms with Crippen molar-refractivity contribution < 1.29 is 13.6 Å². The minimum atomic E-state index is -0.357. The molecule has 1 aromatic carbocycles. The topological polar surface area (TPSA) is 68.0 Å². The average Bonchev–Trinajstić information content (AvgIpc) is 3.18. The third-order valence-electron chi connectivity index (χ3n) is 3.48. The summed E-state index contributed by atoms with van der Waals surface area (Å²) in [5, 5.41) is 4.80. The zero-order valence-corrected chi connectivity index (χ0v) is 13.9. The fraction of sp³-hybridized carbons (Fsp3) is 0.235. The smallest absolute Gasteiger partial charge is 0.226 e. The number of hydrogen-bond acceptors (Lipinski definition) is 5. The Morgan fingerprint density at radius 1 is 1.42 bits per heavy atom. The van der Waals surface area contributed by atoms with Crippen LogP contribution in [0.15, 0.2) is 39.6 Å². The highest BCUT2D eigenvalue weighted by atomic mass is 32.1. The van der Waals surface area contributed by atoms with E-state index in [1.54, 1.807) is 24.6 Å². The Labute approximate surface area is 142 Å². The van der Waals surface area contributed by atoms with Crippen LogP contribution in [0.3, 0.4) is 0 Å². The Kier molecular flexibility index (Phi) is 5.00. The molecule has 2 heterocycles. The number of hydrogen-bond donors (Lipinski definition) is 1. The van der Waals surface area contributed by atoms with Crippen LogP contribution in [0, 0.1) is 12.7 Å². The van der Waals surface area contributed by atoms with Gasteiger partial charge in [-0.2, -0.15) is 0 Å². The summed E-state index contributed by atoms with van der Waals surface area (Å²) in [6.45, 7) is 2.27. The van der Waals surface area contributed by atoms with E-state index in [2.05, 4.69) is 15.3 Å². The number of rotatable bonds is 6. The summed E-state index contributed by atoms with van der Waals surface area (Å²) in [4.78, 5) is 20.5. The summed E-state index contributed by atoms with van der Waals surface area (Å²) in [5.41, 5.74) is 3.84. The number of thiazole rings is 1. The number of oxazole rings is 1. The number of nitrogens with one attached hydrogen (secondary N) is 1. The van der Waals surface area contributed by atoms with Crippen LogP contribution in [0.4, 0.5) is 4.39 Å². The molecule has 3 aromatic rings. The number of aryl methyl sites for hydroxylation is 1. The third kappa shape index (κ3) is 4.05. The minimum absolute atomic E-state index is 0.127. The molecule has 1 amide bonds. The lowest BCUT2D eigenvalue weighted by Gasteiger charge is -2.02. The summed E-state index contributed by atoms with van der Waals surface area (Å²) < 4.78 is 18.8. The molecule has 7 heteroatoms. The Balaban J connectivity index is 1.59. The first-order valence-electron chi connectivity index (χ1n) is 7.48. The molecule has 0 aliphatic carbocycles. The van der Waals surface area contributed by atoms with Gasteiger partial charge in [0.1, 0.15) is 11.6 Å². The lowest BCUT2D eigenvalue weighted by molar-refractivity contribution is -0.120. The van der Waals surface area contributed by atoms with Crippen LogP contribution in [0.25, 0.3) is 11.5 Å². The van der Waals surface area contributed by atoms with E-state index >= 15 is 0 Å². The van der Waals surface area contributed by atoms with Crippen molar-refractivity contribution in [2.24, 2.45) is 0 Å². The van der Waals surface area contributed by atoms with Gasteiger partial charge in [-0.15, -0.1) is 11.3 Å². The van der Waals surface area contributed by atoms with Crippen molar-refractivity contribution in [2.75, 3.05) is 6.54 Å². The Bertz CT molecular complexity index is 830. The standard InChI is InChI=1S/C17H16FN3O2S/c1-11-15(8-16(22)19-6-5-14-9-24-10-20-14)21-17(23-11)12-3-2-4-13(18)7-12/h2-4,7,9-10H,5-6,8H2,1H3,(H,19,22). The molecule has 24 heavy (non-hydrogen) atoms. The second-order valence-corrected chi connectivity index (χ2v) is 6.01. The van der Waals surface area contributed by atoms with Crippen molar-refractivity contribution in [3.05, 3.63) is 58.1 Å². The van der Waals surface area contributed by atoms with E-state index in [4.69, 9.17) is 4.42 Å². The van der Waals surface area contributed by atoms with E-state index in [-0.39, 0.29) is 18.1 Å². The minimum Gasteiger partial charge on any atom is -0.441 e. The van der Waals surface area contributed by atoms with E-state index in [0.29, 0.717) is 35.9 Å². The van der Waals surface area contributed by atoms with Crippen LogP contribution < -0.4 is 5.32 Å². The highest BCUT2D eigenvalue weighted by Gasteiger charge is 2.15. The number of benzene rings is 1. The number of aromatic nitrogens is 2. The van der Waals surface area contributed by atoms with Crippen molar-refractivity contribution in [3.8, 4) is 11.5 Å². The molecule has 1 N–H and O–H groups in total. The molecular weight excluding hydrogens is 329 g/mol. The zero-order valence-electron chi connectivity index (χ0n) is 13.1. The Morgan fingerprint density at radius 3 is 3.04 bits per heavy atom. The first-order chi connectivity index (χ1) is 11.6. The van der Waals surface area contributed by atoms with Gasteiger partial charge in [0.05, 0.1) is 23.3 Å². The summed E-state index contributed by atoms with van der Waals surface area (Å²) in [6, 6.07) is 6.01. The molecule has 0 radical (unpaired) electrons. The molecular formula is C17H16FN3O2S. The van der Waals surface area contributed by atoms with Crippen molar-refractivity contribution in [1.29, 1.82) is 0 Å². The molecule has 5 nitrogen and oxygen atoms in total. The zero-order chi connectivity index (χ0) is 16.9. The summed E-state index contributed by atoms with van der Waals surface area (Å²) in [7, 11) is 0. The monoisotopic (exact) mass is 345 g/mol. The molecule has 0 saturated heterocycles. The van der Waals surface area contributed by atoms with Crippen LogP contribution >= 0.6 is 11.3 Å². The van der Waals surface area contributed by atoms with E-state index in [1.807, 2.05) is 5.38 Å². The van der Waals surface area contributed by atoms with Gasteiger partial charge in [-0.3, -0.25) is 4.79 Å². The maximum Gasteiger partial charge on any atom is 0.226 e. The van der Waals surface area contributed by atoms with Crippen LogP contribution in [0.5, 0.6) is 0 Å².